The van der Waals surface area contributed by atoms with Crippen LogP contribution >= 0.6 is 11.3 Å². The number of anilines is 1. The lowest BCUT2D eigenvalue weighted by Crippen LogP contribution is -2.29. The molecule has 0 spiro atoms. The van der Waals surface area contributed by atoms with Crippen LogP contribution in [0.1, 0.15) is 33.6 Å². The van der Waals surface area contributed by atoms with E-state index >= 15 is 0 Å². The zero-order chi connectivity index (χ0) is 14.7. The van der Waals surface area contributed by atoms with Crippen LogP contribution < -0.4 is 10.6 Å². The van der Waals surface area contributed by atoms with E-state index in [2.05, 4.69) is 10.6 Å². The second-order valence-corrected chi connectivity index (χ2v) is 6.33. The van der Waals surface area contributed by atoms with Crippen LogP contribution in [0.4, 0.5) is 5.00 Å². The molecule has 0 atom stereocenters. The minimum Gasteiger partial charge on any atom is -0.465 e. The second-order valence-electron chi connectivity index (χ2n) is 5.10. The van der Waals surface area contributed by atoms with Gasteiger partial charge in [-0.15, -0.1) is 11.3 Å². The van der Waals surface area contributed by atoms with E-state index in [1.165, 1.54) is 31.3 Å². The molecule has 1 heterocycles. The number of aryl methyl sites for hydroxylation is 1. The number of carbonyl (C=O) groups excluding carboxylic acids is 2. The summed E-state index contributed by atoms with van der Waals surface area (Å²) in [5, 5.41) is 6.50. The number of amides is 1. The molecule has 1 aromatic heterocycles. The summed E-state index contributed by atoms with van der Waals surface area (Å²) in [5.41, 5.74) is 1.33. The Morgan fingerprint density at radius 3 is 2.65 bits per heavy atom. The summed E-state index contributed by atoms with van der Waals surface area (Å²) in [6, 6.07) is 0. The Kier molecular flexibility index (Phi) is 4.77. The number of thiophene rings is 1. The van der Waals surface area contributed by atoms with Crippen molar-refractivity contribution in [2.24, 2.45) is 5.92 Å². The molecule has 2 rings (SSSR count). The SMILES string of the molecule is COC(=O)c1c(NC(=O)CNCC2CC2)sc(C)c1C. The van der Waals surface area contributed by atoms with E-state index in [4.69, 9.17) is 4.74 Å². The summed E-state index contributed by atoms with van der Waals surface area (Å²) in [6.07, 6.45) is 2.51. The van der Waals surface area contributed by atoms with Gasteiger partial charge >= 0.3 is 5.97 Å². The number of hydrogen-bond donors (Lipinski definition) is 2. The number of esters is 1. The fraction of sp³-hybridized carbons (Fsp3) is 0.571. The highest BCUT2D eigenvalue weighted by atomic mass is 32.1. The second kappa shape index (κ2) is 6.37. The van der Waals surface area contributed by atoms with Crippen LogP contribution in [0, 0.1) is 19.8 Å². The van der Waals surface area contributed by atoms with Crippen molar-refractivity contribution in [3.05, 3.63) is 16.0 Å². The van der Waals surface area contributed by atoms with Crippen molar-refractivity contribution in [1.82, 2.24) is 5.32 Å². The van der Waals surface area contributed by atoms with E-state index in [1.54, 1.807) is 0 Å². The molecule has 6 heteroatoms. The Hall–Kier alpha value is -1.40. The van der Waals surface area contributed by atoms with Crippen LogP contribution in [-0.4, -0.2) is 32.1 Å². The first kappa shape index (κ1) is 15.0. The molecule has 0 unspecified atom stereocenters. The summed E-state index contributed by atoms with van der Waals surface area (Å²) in [7, 11) is 1.34. The minimum atomic E-state index is -0.409. The number of methoxy groups -OCH3 is 1. The maximum atomic E-state index is 11.9. The normalized spacial score (nSPS) is 14.2. The van der Waals surface area contributed by atoms with Gasteiger partial charge in [-0.25, -0.2) is 4.79 Å². The number of nitrogens with one attached hydrogen (secondary N) is 2. The number of rotatable bonds is 6. The Bertz CT molecular complexity index is 521. The summed E-state index contributed by atoms with van der Waals surface area (Å²) in [6.45, 7) is 4.94. The Morgan fingerprint density at radius 1 is 1.35 bits per heavy atom. The smallest absolute Gasteiger partial charge is 0.341 e. The maximum Gasteiger partial charge on any atom is 0.341 e. The van der Waals surface area contributed by atoms with Crippen molar-refractivity contribution >= 4 is 28.2 Å². The van der Waals surface area contributed by atoms with Gasteiger partial charge in [0.25, 0.3) is 0 Å². The van der Waals surface area contributed by atoms with E-state index in [1.807, 2.05) is 13.8 Å². The lowest BCUT2D eigenvalue weighted by Gasteiger charge is -2.07. The molecule has 0 aliphatic heterocycles. The Morgan fingerprint density at radius 2 is 2.05 bits per heavy atom. The van der Waals surface area contributed by atoms with Crippen molar-refractivity contribution < 1.29 is 14.3 Å². The van der Waals surface area contributed by atoms with Gasteiger partial charge in [-0.2, -0.15) is 0 Å². The average Bonchev–Trinajstić information content (AvgIpc) is 3.17. The van der Waals surface area contributed by atoms with Gasteiger partial charge in [0.15, 0.2) is 0 Å². The number of hydrogen-bond acceptors (Lipinski definition) is 5. The predicted octanol–water partition coefficient (Wildman–Crippen LogP) is 2.09. The highest BCUT2D eigenvalue weighted by Crippen LogP contribution is 2.32. The topological polar surface area (TPSA) is 67.4 Å². The molecule has 1 fully saturated rings. The standard InChI is InChI=1S/C14H20N2O3S/c1-8-9(2)20-13(12(8)14(18)19-3)16-11(17)7-15-6-10-4-5-10/h10,15H,4-7H2,1-3H3,(H,16,17). The molecule has 1 aliphatic rings. The largest absolute Gasteiger partial charge is 0.465 e. The molecular formula is C14H20N2O3S. The zero-order valence-electron chi connectivity index (χ0n) is 12.0. The van der Waals surface area contributed by atoms with Gasteiger partial charge in [0.05, 0.1) is 19.2 Å². The third kappa shape index (κ3) is 3.58. The van der Waals surface area contributed by atoms with E-state index in [0.717, 1.165) is 22.9 Å². The van der Waals surface area contributed by atoms with Crippen molar-refractivity contribution in [2.75, 3.05) is 25.5 Å². The quantitative estimate of drug-likeness (QED) is 0.789. The lowest BCUT2D eigenvalue weighted by atomic mass is 10.1. The van der Waals surface area contributed by atoms with Gasteiger partial charge in [-0.1, -0.05) is 0 Å². The highest BCUT2D eigenvalue weighted by Gasteiger charge is 2.22. The highest BCUT2D eigenvalue weighted by molar-refractivity contribution is 7.16. The van der Waals surface area contributed by atoms with Crippen molar-refractivity contribution in [3.63, 3.8) is 0 Å². The third-order valence-electron chi connectivity index (χ3n) is 3.44. The summed E-state index contributed by atoms with van der Waals surface area (Å²) >= 11 is 1.40. The minimum absolute atomic E-state index is 0.128. The summed E-state index contributed by atoms with van der Waals surface area (Å²) < 4.78 is 4.77. The summed E-state index contributed by atoms with van der Waals surface area (Å²) in [5.74, 6) is 0.199. The molecule has 20 heavy (non-hydrogen) atoms. The van der Waals surface area contributed by atoms with Gasteiger partial charge in [0.1, 0.15) is 5.00 Å². The first-order chi connectivity index (χ1) is 9.52. The van der Waals surface area contributed by atoms with Gasteiger partial charge in [0, 0.05) is 4.88 Å². The molecule has 0 bridgehead atoms. The van der Waals surface area contributed by atoms with Crippen molar-refractivity contribution in [2.45, 2.75) is 26.7 Å². The van der Waals surface area contributed by atoms with Crippen LogP contribution in [-0.2, 0) is 9.53 Å². The molecule has 1 saturated carbocycles. The Balaban J connectivity index is 1.98. The van der Waals surface area contributed by atoms with Gasteiger partial charge in [0.2, 0.25) is 5.91 Å². The lowest BCUT2D eigenvalue weighted by molar-refractivity contribution is -0.115. The third-order valence-corrected chi connectivity index (χ3v) is 4.57. The van der Waals surface area contributed by atoms with Crippen LogP contribution in [0.3, 0.4) is 0 Å². The average molecular weight is 296 g/mol. The van der Waals surface area contributed by atoms with Crippen molar-refractivity contribution in [3.8, 4) is 0 Å². The molecule has 5 nitrogen and oxygen atoms in total. The molecule has 0 aromatic carbocycles. The molecule has 110 valence electrons. The Labute approximate surface area is 122 Å². The molecule has 1 aliphatic carbocycles. The van der Waals surface area contributed by atoms with Crippen LogP contribution in [0.2, 0.25) is 0 Å². The fourth-order valence-electron chi connectivity index (χ4n) is 1.95. The van der Waals surface area contributed by atoms with Crippen molar-refractivity contribution in [1.29, 1.82) is 0 Å². The first-order valence-corrected chi connectivity index (χ1v) is 7.53. The molecule has 1 aromatic rings. The van der Waals surface area contributed by atoms with Crippen LogP contribution in [0.25, 0.3) is 0 Å². The zero-order valence-corrected chi connectivity index (χ0v) is 12.9. The maximum absolute atomic E-state index is 11.9. The monoisotopic (exact) mass is 296 g/mol. The molecule has 0 radical (unpaired) electrons. The van der Waals surface area contributed by atoms with E-state index in [9.17, 15) is 9.59 Å². The van der Waals surface area contributed by atoms with Gasteiger partial charge in [-0.3, -0.25) is 4.79 Å². The number of carbonyl (C=O) groups is 2. The molecule has 2 N–H and O–H groups in total. The van der Waals surface area contributed by atoms with Gasteiger partial charge < -0.3 is 15.4 Å². The van der Waals surface area contributed by atoms with Crippen LogP contribution in [0.15, 0.2) is 0 Å². The summed E-state index contributed by atoms with van der Waals surface area (Å²) in [4.78, 5) is 24.7. The predicted molar refractivity (Wildman–Crippen MR) is 79.4 cm³/mol. The first-order valence-electron chi connectivity index (χ1n) is 6.71. The van der Waals surface area contributed by atoms with Crippen LogP contribution in [0.5, 0.6) is 0 Å². The number of ether oxygens (including phenoxy) is 1. The van der Waals surface area contributed by atoms with E-state index < -0.39 is 5.97 Å². The fourth-order valence-corrected chi connectivity index (χ4v) is 3.01. The molecular weight excluding hydrogens is 276 g/mol. The molecule has 0 saturated heterocycles. The van der Waals surface area contributed by atoms with Gasteiger partial charge in [-0.05, 0) is 44.7 Å². The van der Waals surface area contributed by atoms with E-state index in [0.29, 0.717) is 10.6 Å². The van der Waals surface area contributed by atoms with E-state index in [-0.39, 0.29) is 12.5 Å². The molecule has 1 amide bonds.